The van der Waals surface area contributed by atoms with Crippen molar-refractivity contribution in [3.05, 3.63) is 47.6 Å². The second-order valence-electron chi connectivity index (χ2n) is 6.41. The van der Waals surface area contributed by atoms with Gasteiger partial charge in [0.1, 0.15) is 12.1 Å². The Morgan fingerprint density at radius 1 is 1.17 bits per heavy atom. The summed E-state index contributed by atoms with van der Waals surface area (Å²) in [5.74, 6) is 0.838. The first kappa shape index (κ1) is 14.2. The van der Waals surface area contributed by atoms with Crippen molar-refractivity contribution in [1.82, 2.24) is 19.9 Å². The normalized spacial score (nSPS) is 23.5. The molecule has 122 valence electrons. The van der Waals surface area contributed by atoms with Gasteiger partial charge in [-0.25, -0.2) is 14.4 Å². The molecule has 0 saturated carbocycles. The molecule has 3 aromatic rings. The van der Waals surface area contributed by atoms with Crippen LogP contribution < -0.4 is 4.90 Å². The van der Waals surface area contributed by atoms with Gasteiger partial charge in [0.15, 0.2) is 5.82 Å². The van der Waals surface area contributed by atoms with Crippen LogP contribution in [-0.4, -0.2) is 45.0 Å². The Balaban J connectivity index is 1.36. The third-order valence-corrected chi connectivity index (χ3v) is 5.85. The number of aromatic nitrogens is 3. The Hall–Kier alpha value is -2.12. The van der Waals surface area contributed by atoms with E-state index in [9.17, 15) is 4.39 Å². The van der Waals surface area contributed by atoms with Gasteiger partial charge in [-0.3, -0.25) is 9.88 Å². The number of piperidine rings is 1. The summed E-state index contributed by atoms with van der Waals surface area (Å²) in [7, 11) is 0. The fourth-order valence-electron chi connectivity index (χ4n) is 3.88. The molecule has 3 aliphatic rings. The van der Waals surface area contributed by atoms with Gasteiger partial charge >= 0.3 is 0 Å². The van der Waals surface area contributed by atoms with Crippen molar-refractivity contribution in [2.75, 3.05) is 18.0 Å². The average molecular weight is 341 g/mol. The zero-order valence-electron chi connectivity index (χ0n) is 13.0. The fraction of sp³-hybridized carbons (Fsp3) is 0.353. The van der Waals surface area contributed by atoms with E-state index in [2.05, 4.69) is 30.1 Å². The van der Waals surface area contributed by atoms with Crippen molar-refractivity contribution in [2.24, 2.45) is 0 Å². The Morgan fingerprint density at radius 2 is 2.04 bits per heavy atom. The number of pyridine rings is 1. The molecule has 0 aromatic carbocycles. The topological polar surface area (TPSA) is 45.2 Å². The number of fused-ring (bicyclic) bond motifs is 3. The Labute approximate surface area is 142 Å². The Morgan fingerprint density at radius 3 is 2.88 bits per heavy atom. The summed E-state index contributed by atoms with van der Waals surface area (Å²) in [6, 6.07) is 6.03. The van der Waals surface area contributed by atoms with Crippen LogP contribution in [0.1, 0.15) is 12.1 Å². The highest BCUT2D eigenvalue weighted by atomic mass is 32.1. The Kier molecular flexibility index (Phi) is 3.24. The molecule has 0 spiro atoms. The third kappa shape index (κ3) is 2.19. The van der Waals surface area contributed by atoms with Gasteiger partial charge in [0.2, 0.25) is 0 Å². The number of hydrogen-bond acceptors (Lipinski definition) is 6. The molecule has 0 N–H and O–H groups in total. The van der Waals surface area contributed by atoms with Crippen LogP contribution in [0.2, 0.25) is 0 Å². The van der Waals surface area contributed by atoms with Crippen LogP contribution in [0.15, 0.2) is 36.1 Å². The van der Waals surface area contributed by atoms with E-state index < -0.39 is 0 Å². The van der Waals surface area contributed by atoms with Crippen molar-refractivity contribution in [3.63, 3.8) is 0 Å². The van der Waals surface area contributed by atoms with Crippen molar-refractivity contribution >= 4 is 27.4 Å². The lowest BCUT2D eigenvalue weighted by atomic mass is 9.87. The van der Waals surface area contributed by atoms with Crippen LogP contribution in [-0.2, 0) is 6.54 Å². The minimum atomic E-state index is -0.218. The molecule has 2 atom stereocenters. The van der Waals surface area contributed by atoms with E-state index in [1.54, 1.807) is 29.9 Å². The average Bonchev–Trinajstić information content (AvgIpc) is 3.07. The lowest BCUT2D eigenvalue weighted by Gasteiger charge is -2.57. The minimum Gasteiger partial charge on any atom is -0.347 e. The first-order valence-corrected chi connectivity index (χ1v) is 8.96. The second-order valence-corrected chi connectivity index (χ2v) is 7.32. The molecule has 2 bridgehead atoms. The third-order valence-electron chi connectivity index (χ3n) is 4.95. The van der Waals surface area contributed by atoms with Crippen molar-refractivity contribution in [2.45, 2.75) is 25.0 Å². The molecule has 5 nitrogen and oxygen atoms in total. The predicted molar refractivity (Wildman–Crippen MR) is 91.6 cm³/mol. The summed E-state index contributed by atoms with van der Waals surface area (Å²) in [6.07, 6.45) is 4.49. The molecule has 3 fully saturated rings. The van der Waals surface area contributed by atoms with Crippen molar-refractivity contribution in [3.8, 4) is 0 Å². The number of halogens is 1. The maximum atomic E-state index is 13.8. The van der Waals surface area contributed by atoms with Crippen molar-refractivity contribution < 1.29 is 4.39 Å². The molecule has 24 heavy (non-hydrogen) atoms. The lowest BCUT2D eigenvalue weighted by Crippen LogP contribution is -2.69. The van der Waals surface area contributed by atoms with Gasteiger partial charge in [0, 0.05) is 37.9 Å². The summed E-state index contributed by atoms with van der Waals surface area (Å²) < 4.78 is 15.0. The number of thiophene rings is 1. The van der Waals surface area contributed by atoms with Gasteiger partial charge in [-0.2, -0.15) is 0 Å². The van der Waals surface area contributed by atoms with Gasteiger partial charge in [0.25, 0.3) is 0 Å². The largest absolute Gasteiger partial charge is 0.347 e. The first-order valence-electron chi connectivity index (χ1n) is 8.08. The van der Waals surface area contributed by atoms with Crippen LogP contribution in [0.5, 0.6) is 0 Å². The van der Waals surface area contributed by atoms with Gasteiger partial charge in [0.05, 0.1) is 15.9 Å². The molecule has 3 saturated heterocycles. The molecule has 0 amide bonds. The standard InChI is InChI=1S/C17H16FN5S/c18-13-2-1-4-19-15(13)9-22-7-11-6-12(8-22)23(11)17-16-14(3-5-24-16)20-10-21-17/h1-5,10-12H,6-9H2. The maximum Gasteiger partial charge on any atom is 0.150 e. The summed E-state index contributed by atoms with van der Waals surface area (Å²) in [6.45, 7) is 2.42. The summed E-state index contributed by atoms with van der Waals surface area (Å²) in [4.78, 5) is 17.8. The van der Waals surface area contributed by atoms with Crippen LogP contribution >= 0.6 is 11.3 Å². The molecule has 2 unspecified atom stereocenters. The molecular formula is C17H16FN5S. The summed E-state index contributed by atoms with van der Waals surface area (Å²) in [5, 5.41) is 2.06. The molecule has 6 heterocycles. The van der Waals surface area contributed by atoms with E-state index in [1.165, 1.54) is 12.5 Å². The minimum absolute atomic E-state index is 0.218. The second kappa shape index (κ2) is 5.46. The van der Waals surface area contributed by atoms with Gasteiger partial charge in [-0.15, -0.1) is 11.3 Å². The van der Waals surface area contributed by atoms with Gasteiger partial charge < -0.3 is 4.90 Å². The number of rotatable bonds is 3. The first-order chi connectivity index (χ1) is 11.8. The molecule has 3 aromatic heterocycles. The summed E-state index contributed by atoms with van der Waals surface area (Å²) >= 11 is 1.70. The van der Waals surface area contributed by atoms with Crippen LogP contribution in [0.3, 0.4) is 0 Å². The summed E-state index contributed by atoms with van der Waals surface area (Å²) in [5.41, 5.74) is 1.55. The highest BCUT2D eigenvalue weighted by Crippen LogP contribution is 2.40. The molecule has 0 radical (unpaired) electrons. The van der Waals surface area contributed by atoms with Crippen LogP contribution in [0, 0.1) is 5.82 Å². The van der Waals surface area contributed by atoms with Gasteiger partial charge in [-0.05, 0) is 30.0 Å². The monoisotopic (exact) mass is 341 g/mol. The Bertz CT molecular complexity index is 885. The van der Waals surface area contributed by atoms with E-state index in [0.717, 1.165) is 29.1 Å². The zero-order valence-corrected chi connectivity index (χ0v) is 13.8. The van der Waals surface area contributed by atoms with Crippen LogP contribution in [0.25, 0.3) is 10.2 Å². The number of anilines is 1. The number of hydrogen-bond donors (Lipinski definition) is 0. The fourth-order valence-corrected chi connectivity index (χ4v) is 4.72. The van der Waals surface area contributed by atoms with E-state index in [-0.39, 0.29) is 5.82 Å². The predicted octanol–water partition coefficient (Wildman–Crippen LogP) is 2.69. The van der Waals surface area contributed by atoms with Crippen LogP contribution in [0.4, 0.5) is 10.2 Å². The lowest BCUT2D eigenvalue weighted by molar-refractivity contribution is 0.106. The quantitative estimate of drug-likeness (QED) is 0.733. The molecular weight excluding hydrogens is 325 g/mol. The van der Waals surface area contributed by atoms with Crippen molar-refractivity contribution in [1.29, 1.82) is 0 Å². The zero-order chi connectivity index (χ0) is 16.1. The van der Waals surface area contributed by atoms with Gasteiger partial charge in [-0.1, -0.05) is 0 Å². The molecule has 0 aliphatic carbocycles. The van der Waals surface area contributed by atoms with E-state index in [1.807, 2.05) is 6.07 Å². The van der Waals surface area contributed by atoms with E-state index in [0.29, 0.717) is 24.3 Å². The maximum absolute atomic E-state index is 13.8. The highest BCUT2D eigenvalue weighted by Gasteiger charge is 2.46. The SMILES string of the molecule is Fc1cccnc1CN1CC2CC(C1)N2c1ncnc2ccsc12. The number of piperazine rings is 1. The molecule has 7 heteroatoms. The number of nitrogens with zero attached hydrogens (tertiary/aromatic N) is 5. The molecule has 3 aliphatic heterocycles. The van der Waals surface area contributed by atoms with E-state index >= 15 is 0 Å². The smallest absolute Gasteiger partial charge is 0.150 e. The van der Waals surface area contributed by atoms with E-state index in [4.69, 9.17) is 0 Å². The molecule has 6 rings (SSSR count). The highest BCUT2D eigenvalue weighted by molar-refractivity contribution is 7.17.